The first-order chi connectivity index (χ1) is 35.6. The summed E-state index contributed by atoms with van der Waals surface area (Å²) >= 11 is 0. The van der Waals surface area contributed by atoms with Crippen molar-refractivity contribution in [3.05, 3.63) is 71.5 Å². The van der Waals surface area contributed by atoms with Gasteiger partial charge in [0.1, 0.15) is 23.9 Å². The van der Waals surface area contributed by atoms with Crippen molar-refractivity contribution in [3.63, 3.8) is 0 Å². The Labute approximate surface area is 434 Å². The summed E-state index contributed by atoms with van der Waals surface area (Å²) in [6.07, 6.45) is 10.4. The minimum atomic E-state index is -1.09. The Kier molecular flexibility index (Phi) is 13.6. The second-order valence-electron chi connectivity index (χ2n) is 23.5. The monoisotopic (exact) mass is 1010 g/mol. The minimum absolute atomic E-state index is 0.0241. The SMILES string of the molecule is CCn1c(-c2cccnc2[C@H](C)OC)c2c3cc(ccc31)-c1cc(O)cc(c1)C[C@H](NC(=O)[C@H](C1CCCC1)N1CC[C@]3(CCN(C(=O)[C@@H]4N[C@@H]4C4CC4)C3)C1=O)C(=O)N1CCC[C@@H](CC(=O)OCC(C)(C)C2)N1. The van der Waals surface area contributed by atoms with Gasteiger partial charge in [0.2, 0.25) is 17.7 Å². The number of nitrogens with one attached hydrogen (secondary N) is 3. The number of phenols is 1. The predicted octanol–water partition coefficient (Wildman–Crippen LogP) is 6.60. The molecule has 2 aromatic heterocycles. The molecule has 16 heteroatoms. The summed E-state index contributed by atoms with van der Waals surface area (Å²) in [5, 5.41) is 20.7. The summed E-state index contributed by atoms with van der Waals surface area (Å²) in [5.74, 6) is -0.570. The molecule has 2 saturated carbocycles. The van der Waals surface area contributed by atoms with Crippen LogP contribution < -0.4 is 16.1 Å². The maximum Gasteiger partial charge on any atom is 0.307 e. The molecule has 2 aliphatic carbocycles. The Balaban J connectivity index is 0.941. The van der Waals surface area contributed by atoms with E-state index in [0.717, 1.165) is 83.1 Å². The number of aromatic nitrogens is 2. The number of rotatable bonds is 10. The Bertz CT molecular complexity index is 2850. The zero-order valence-corrected chi connectivity index (χ0v) is 43.8. The van der Waals surface area contributed by atoms with E-state index in [0.29, 0.717) is 76.3 Å². The van der Waals surface area contributed by atoms with Gasteiger partial charge in [0.25, 0.3) is 5.91 Å². The normalized spacial score (nSPS) is 27.3. The van der Waals surface area contributed by atoms with Crippen molar-refractivity contribution >= 4 is 40.5 Å². The van der Waals surface area contributed by atoms with Gasteiger partial charge in [0, 0.05) is 86.4 Å². The van der Waals surface area contributed by atoms with E-state index in [1.165, 1.54) is 5.01 Å². The third-order valence-electron chi connectivity index (χ3n) is 17.6. The Morgan fingerprint density at radius 1 is 0.959 bits per heavy atom. The van der Waals surface area contributed by atoms with Gasteiger partial charge in [-0.1, -0.05) is 38.8 Å². The summed E-state index contributed by atoms with van der Waals surface area (Å²) in [6.45, 7) is 10.8. The number of aryl methyl sites for hydroxylation is 1. The fourth-order valence-corrected chi connectivity index (χ4v) is 13.4. The zero-order valence-electron chi connectivity index (χ0n) is 43.8. The topological polar surface area (TPSA) is 198 Å². The molecule has 7 atom stereocenters. The summed E-state index contributed by atoms with van der Waals surface area (Å²) in [6, 6.07) is 13.6. The van der Waals surface area contributed by atoms with Gasteiger partial charge in [-0.2, -0.15) is 0 Å². The van der Waals surface area contributed by atoms with Crippen LogP contribution in [-0.4, -0.2) is 129 Å². The number of hydrogen-bond acceptors (Lipinski definition) is 11. The molecule has 7 heterocycles. The molecule has 16 nitrogen and oxygen atoms in total. The largest absolute Gasteiger partial charge is 0.508 e. The maximum atomic E-state index is 15.2. The van der Waals surface area contributed by atoms with Gasteiger partial charge in [-0.25, -0.2) is 5.43 Å². The minimum Gasteiger partial charge on any atom is -0.508 e. The second-order valence-corrected chi connectivity index (χ2v) is 23.5. The molecule has 1 spiro atoms. The van der Waals surface area contributed by atoms with Crippen LogP contribution >= 0.6 is 0 Å². The number of aromatic hydroxyl groups is 1. The number of cyclic esters (lactones) is 1. The van der Waals surface area contributed by atoms with Gasteiger partial charge in [-0.15, -0.1) is 0 Å². The number of nitrogens with zero attached hydrogens (tertiary/aromatic N) is 5. The lowest BCUT2D eigenvalue weighted by Crippen LogP contribution is -2.61. The average Bonchev–Trinajstić information content (AvgIpc) is 4.22. The number of fused-ring (bicyclic) bond motifs is 6. The highest BCUT2D eigenvalue weighted by Gasteiger charge is 2.58. The number of esters is 1. The van der Waals surface area contributed by atoms with Crippen LogP contribution in [0.3, 0.4) is 0 Å². The Morgan fingerprint density at radius 3 is 2.53 bits per heavy atom. The van der Waals surface area contributed by atoms with E-state index < -0.39 is 22.9 Å². The van der Waals surface area contributed by atoms with Gasteiger partial charge in [-0.05, 0) is 142 Å². The van der Waals surface area contributed by atoms with Crippen LogP contribution in [0.1, 0.15) is 121 Å². The Morgan fingerprint density at radius 2 is 1.76 bits per heavy atom. The Hall–Kier alpha value is -5.84. The highest BCUT2D eigenvalue weighted by Crippen LogP contribution is 2.47. The molecular weight excluding hydrogens is 937 g/mol. The molecular formula is C58H74N8O8. The molecule has 394 valence electrons. The van der Waals surface area contributed by atoms with Crippen LogP contribution in [0.5, 0.6) is 5.75 Å². The molecule has 4 N–H and O–H groups in total. The number of hydrazine groups is 1. The third kappa shape index (κ3) is 9.70. The predicted molar refractivity (Wildman–Crippen MR) is 279 cm³/mol. The van der Waals surface area contributed by atoms with Gasteiger partial charge < -0.3 is 34.3 Å². The molecule has 7 aliphatic rings. The number of phenolic OH excluding ortho intramolecular Hbond substituents is 1. The lowest BCUT2D eigenvalue weighted by molar-refractivity contribution is -0.150. The van der Waals surface area contributed by atoms with E-state index in [2.05, 4.69) is 65.7 Å². The van der Waals surface area contributed by atoms with E-state index in [1.54, 1.807) is 30.3 Å². The number of likely N-dealkylation sites (tertiary alicyclic amines) is 2. The fraction of sp³-hybridized carbons (Fsp3) is 0.586. The third-order valence-corrected chi connectivity index (χ3v) is 17.6. The fourth-order valence-electron chi connectivity index (χ4n) is 13.4. The maximum absolute atomic E-state index is 15.2. The van der Waals surface area contributed by atoms with Crippen molar-refractivity contribution in [2.24, 2.45) is 22.7 Å². The van der Waals surface area contributed by atoms with Crippen molar-refractivity contribution in [2.45, 2.75) is 154 Å². The molecule has 4 amide bonds. The van der Waals surface area contributed by atoms with E-state index in [-0.39, 0.29) is 84.9 Å². The number of ether oxygens (including phenoxy) is 2. The van der Waals surface area contributed by atoms with Crippen molar-refractivity contribution in [3.8, 4) is 28.1 Å². The average molecular weight is 1010 g/mol. The van der Waals surface area contributed by atoms with E-state index in [4.69, 9.17) is 14.5 Å². The van der Waals surface area contributed by atoms with Crippen molar-refractivity contribution < 1.29 is 38.6 Å². The van der Waals surface area contributed by atoms with Gasteiger partial charge in [0.05, 0.1) is 35.9 Å². The summed E-state index contributed by atoms with van der Waals surface area (Å²) < 4.78 is 14.3. The standard InChI is InChI=1S/C58H74N8O8/c1-6-64-46-18-17-38-29-43(46)44(52(64)42-14-9-21-59-48(42)34(2)73-5)31-57(3,4)33-74-47(68)30-40-13-10-22-66(62-40)54(70)45(27-35-25-39(38)28-41(67)26-35)60-53(69)51(37-11-7-8-12-37)65-24-20-58(56(65)72)19-23-63(32-58)55(71)50-49(61-50)36-15-16-36/h9,14,17-18,21,25-26,28-29,34,36-37,40,45,49-51,61-62,67H,6-8,10-13,15-16,19-20,22-24,27,30-33H2,1-5H3,(H,60,69)/t34-,40-,45-,49+,50+,51-,58-/m0/s1. The van der Waals surface area contributed by atoms with Gasteiger partial charge in [-0.3, -0.25) is 39.3 Å². The first-order valence-electron chi connectivity index (χ1n) is 27.5. The molecule has 4 saturated heterocycles. The molecule has 6 fully saturated rings. The highest BCUT2D eigenvalue weighted by molar-refractivity contribution is 5.97. The van der Waals surface area contributed by atoms with E-state index in [9.17, 15) is 19.5 Å². The number of benzene rings is 2. The molecule has 4 aromatic rings. The number of pyridine rings is 1. The molecule has 5 aliphatic heterocycles. The van der Waals surface area contributed by atoms with Crippen LogP contribution in [0, 0.1) is 22.7 Å². The van der Waals surface area contributed by atoms with Crippen molar-refractivity contribution in [1.29, 1.82) is 0 Å². The first-order valence-corrected chi connectivity index (χ1v) is 27.5. The molecule has 2 aromatic carbocycles. The van der Waals surface area contributed by atoms with Crippen LogP contribution in [-0.2, 0) is 52.8 Å². The van der Waals surface area contributed by atoms with Crippen LogP contribution in [0.15, 0.2) is 54.7 Å². The molecule has 0 unspecified atom stereocenters. The molecule has 11 rings (SSSR count). The summed E-state index contributed by atoms with van der Waals surface area (Å²) in [5.41, 5.74) is 9.25. The van der Waals surface area contributed by atoms with Gasteiger partial charge >= 0.3 is 5.97 Å². The number of methoxy groups -OCH3 is 1. The van der Waals surface area contributed by atoms with Crippen LogP contribution in [0.2, 0.25) is 0 Å². The smallest absolute Gasteiger partial charge is 0.307 e. The van der Waals surface area contributed by atoms with E-state index in [1.807, 2.05) is 24.0 Å². The van der Waals surface area contributed by atoms with Crippen LogP contribution in [0.4, 0.5) is 0 Å². The first kappa shape index (κ1) is 50.3. The lowest BCUT2D eigenvalue weighted by atomic mass is 9.84. The molecule has 6 bridgehead atoms. The van der Waals surface area contributed by atoms with Crippen molar-refractivity contribution in [2.75, 3.05) is 39.9 Å². The summed E-state index contributed by atoms with van der Waals surface area (Å²) in [4.78, 5) is 81.0. The molecule has 74 heavy (non-hydrogen) atoms. The number of carbonyl (C=O) groups excluding carboxylic acids is 5. The quantitative estimate of drug-likeness (QED) is 0.0987. The summed E-state index contributed by atoms with van der Waals surface area (Å²) in [7, 11) is 1.68. The van der Waals surface area contributed by atoms with E-state index >= 15 is 9.59 Å². The lowest BCUT2D eigenvalue weighted by Gasteiger charge is -2.37. The van der Waals surface area contributed by atoms with Crippen molar-refractivity contribution in [1.82, 2.24) is 40.4 Å². The zero-order chi connectivity index (χ0) is 51.6. The molecule has 0 radical (unpaired) electrons. The second kappa shape index (κ2) is 20.0. The van der Waals surface area contributed by atoms with Crippen LogP contribution in [0.25, 0.3) is 33.3 Å². The number of hydrogen-bond donors (Lipinski definition) is 4. The number of carbonyl (C=O) groups is 5. The number of amides is 4. The highest BCUT2D eigenvalue weighted by atomic mass is 16.5. The van der Waals surface area contributed by atoms with Gasteiger partial charge in [0.15, 0.2) is 0 Å².